The quantitative estimate of drug-likeness (QED) is 0.913. The first kappa shape index (κ1) is 15.8. The Balaban J connectivity index is 2.23. The highest BCUT2D eigenvalue weighted by Crippen LogP contribution is 2.30. The van der Waals surface area contributed by atoms with Crippen molar-refractivity contribution in [1.29, 1.82) is 0 Å². The molecule has 2 N–H and O–H groups in total. The van der Waals surface area contributed by atoms with Gasteiger partial charge in [0.1, 0.15) is 0 Å². The topological polar surface area (TPSA) is 46.3 Å². The Bertz CT molecular complexity index is 516. The summed E-state index contributed by atoms with van der Waals surface area (Å²) in [6.45, 7) is 2.96. The standard InChI is InChI=1S/C15H19F3N2O/c1-10-5-6-20(13(7-10)9-19)14(21)11-3-2-4-12(8-11)15(16,17)18/h2-4,8,10,13H,5-7,9,19H2,1H3. The fraction of sp³-hybridized carbons (Fsp3) is 0.533. The van der Waals surface area contributed by atoms with Crippen LogP contribution < -0.4 is 5.73 Å². The van der Waals surface area contributed by atoms with Crippen molar-refractivity contribution in [3.63, 3.8) is 0 Å². The maximum Gasteiger partial charge on any atom is 0.416 e. The van der Waals surface area contributed by atoms with Crippen molar-refractivity contribution in [3.05, 3.63) is 35.4 Å². The normalized spacial score (nSPS) is 23.2. The lowest BCUT2D eigenvalue weighted by molar-refractivity contribution is -0.137. The van der Waals surface area contributed by atoms with E-state index in [2.05, 4.69) is 6.92 Å². The van der Waals surface area contributed by atoms with E-state index in [0.29, 0.717) is 19.0 Å². The Hall–Kier alpha value is -1.56. The van der Waals surface area contributed by atoms with E-state index in [-0.39, 0.29) is 17.5 Å². The molecule has 0 bridgehead atoms. The molecule has 1 fully saturated rings. The van der Waals surface area contributed by atoms with Gasteiger partial charge in [0.05, 0.1) is 5.56 Å². The van der Waals surface area contributed by atoms with E-state index in [1.54, 1.807) is 4.90 Å². The zero-order chi connectivity index (χ0) is 15.6. The van der Waals surface area contributed by atoms with Crippen molar-refractivity contribution in [2.75, 3.05) is 13.1 Å². The first-order valence-electron chi connectivity index (χ1n) is 7.01. The van der Waals surface area contributed by atoms with Gasteiger partial charge in [-0.05, 0) is 37.0 Å². The number of benzene rings is 1. The molecule has 1 aliphatic rings. The molecule has 0 aliphatic carbocycles. The molecular weight excluding hydrogens is 281 g/mol. The Kier molecular flexibility index (Phi) is 4.56. The molecule has 0 radical (unpaired) electrons. The SMILES string of the molecule is CC1CCN(C(=O)c2cccc(C(F)(F)F)c2)C(CN)C1. The van der Waals surface area contributed by atoms with Crippen LogP contribution >= 0.6 is 0 Å². The van der Waals surface area contributed by atoms with Crippen LogP contribution in [0.25, 0.3) is 0 Å². The predicted octanol–water partition coefficient (Wildman–Crippen LogP) is 2.90. The van der Waals surface area contributed by atoms with E-state index >= 15 is 0 Å². The van der Waals surface area contributed by atoms with Crippen LogP contribution in [-0.2, 0) is 6.18 Å². The number of amides is 1. The van der Waals surface area contributed by atoms with Gasteiger partial charge < -0.3 is 10.6 Å². The van der Waals surface area contributed by atoms with Crippen LogP contribution in [0.5, 0.6) is 0 Å². The molecule has 2 rings (SSSR count). The summed E-state index contributed by atoms with van der Waals surface area (Å²) in [5.41, 5.74) is 4.96. The molecule has 1 heterocycles. The number of nitrogens with two attached hydrogens (primary N) is 1. The number of rotatable bonds is 2. The number of likely N-dealkylation sites (tertiary alicyclic amines) is 1. The third-order valence-electron chi connectivity index (χ3n) is 3.95. The summed E-state index contributed by atoms with van der Waals surface area (Å²) in [6, 6.07) is 4.46. The molecule has 6 heteroatoms. The minimum atomic E-state index is -4.44. The summed E-state index contributed by atoms with van der Waals surface area (Å²) in [5.74, 6) is 0.104. The third-order valence-corrected chi connectivity index (χ3v) is 3.95. The maximum absolute atomic E-state index is 12.7. The lowest BCUT2D eigenvalue weighted by Crippen LogP contribution is -2.49. The van der Waals surface area contributed by atoms with Crippen LogP contribution in [-0.4, -0.2) is 29.9 Å². The summed E-state index contributed by atoms with van der Waals surface area (Å²) in [6.07, 6.45) is -2.80. The number of hydrogen-bond donors (Lipinski definition) is 1. The van der Waals surface area contributed by atoms with E-state index in [1.807, 2.05) is 0 Å². The molecule has 1 aliphatic heterocycles. The van der Waals surface area contributed by atoms with Crippen LogP contribution in [0.1, 0.15) is 35.7 Å². The van der Waals surface area contributed by atoms with Gasteiger partial charge in [0, 0.05) is 24.7 Å². The van der Waals surface area contributed by atoms with E-state index in [4.69, 9.17) is 5.73 Å². The Labute approximate surface area is 121 Å². The van der Waals surface area contributed by atoms with Gasteiger partial charge in [-0.3, -0.25) is 4.79 Å². The Morgan fingerprint density at radius 3 is 2.76 bits per heavy atom. The van der Waals surface area contributed by atoms with Crippen LogP contribution in [0.2, 0.25) is 0 Å². The molecule has 116 valence electrons. The van der Waals surface area contributed by atoms with E-state index < -0.39 is 11.7 Å². The maximum atomic E-state index is 12.7. The minimum Gasteiger partial charge on any atom is -0.334 e. The second-order valence-corrected chi connectivity index (χ2v) is 5.60. The molecule has 1 amide bonds. The molecule has 2 unspecified atom stereocenters. The predicted molar refractivity (Wildman–Crippen MR) is 73.7 cm³/mol. The molecule has 0 saturated carbocycles. The zero-order valence-corrected chi connectivity index (χ0v) is 11.9. The van der Waals surface area contributed by atoms with Crippen molar-refractivity contribution in [2.45, 2.75) is 32.0 Å². The number of hydrogen-bond acceptors (Lipinski definition) is 2. The number of nitrogens with zero attached hydrogens (tertiary/aromatic N) is 1. The molecule has 1 aromatic rings. The first-order valence-corrected chi connectivity index (χ1v) is 7.01. The average Bonchev–Trinajstić information content (AvgIpc) is 2.45. The van der Waals surface area contributed by atoms with Crippen LogP contribution in [0.15, 0.2) is 24.3 Å². The first-order chi connectivity index (χ1) is 9.82. The average molecular weight is 300 g/mol. The lowest BCUT2D eigenvalue weighted by atomic mass is 9.91. The molecule has 3 nitrogen and oxygen atoms in total. The van der Waals surface area contributed by atoms with Crippen molar-refractivity contribution in [2.24, 2.45) is 11.7 Å². The third kappa shape index (κ3) is 3.56. The van der Waals surface area contributed by atoms with Gasteiger partial charge >= 0.3 is 6.18 Å². The van der Waals surface area contributed by atoms with Gasteiger partial charge in [0.25, 0.3) is 5.91 Å². The highest BCUT2D eigenvalue weighted by molar-refractivity contribution is 5.94. The van der Waals surface area contributed by atoms with E-state index in [1.165, 1.54) is 12.1 Å². The summed E-state index contributed by atoms with van der Waals surface area (Å²) < 4.78 is 38.2. The van der Waals surface area contributed by atoms with E-state index in [0.717, 1.165) is 25.0 Å². The van der Waals surface area contributed by atoms with Crippen molar-refractivity contribution >= 4 is 5.91 Å². The summed E-state index contributed by atoms with van der Waals surface area (Å²) in [7, 11) is 0. The van der Waals surface area contributed by atoms with Crippen molar-refractivity contribution in [1.82, 2.24) is 4.90 Å². The number of halogens is 3. The molecule has 21 heavy (non-hydrogen) atoms. The molecule has 2 atom stereocenters. The number of alkyl halides is 3. The van der Waals surface area contributed by atoms with Gasteiger partial charge in [-0.15, -0.1) is 0 Å². The van der Waals surface area contributed by atoms with Gasteiger partial charge in [0.2, 0.25) is 0 Å². The summed E-state index contributed by atoms with van der Waals surface area (Å²) in [5, 5.41) is 0. The largest absolute Gasteiger partial charge is 0.416 e. The molecule has 0 aromatic heterocycles. The summed E-state index contributed by atoms with van der Waals surface area (Å²) >= 11 is 0. The molecule has 0 spiro atoms. The summed E-state index contributed by atoms with van der Waals surface area (Å²) in [4.78, 5) is 14.1. The number of piperidine rings is 1. The second kappa shape index (κ2) is 6.05. The van der Waals surface area contributed by atoms with Crippen molar-refractivity contribution < 1.29 is 18.0 Å². The number of carbonyl (C=O) groups excluding carboxylic acids is 1. The number of carbonyl (C=O) groups is 1. The fourth-order valence-electron chi connectivity index (χ4n) is 2.74. The van der Waals surface area contributed by atoms with E-state index in [9.17, 15) is 18.0 Å². The fourth-order valence-corrected chi connectivity index (χ4v) is 2.74. The molecule has 1 aromatic carbocycles. The van der Waals surface area contributed by atoms with Gasteiger partial charge in [0.15, 0.2) is 0 Å². The zero-order valence-electron chi connectivity index (χ0n) is 11.9. The lowest BCUT2D eigenvalue weighted by Gasteiger charge is -2.38. The van der Waals surface area contributed by atoms with Crippen LogP contribution in [0, 0.1) is 5.92 Å². The molecular formula is C15H19F3N2O. The Morgan fingerprint density at radius 2 is 2.14 bits per heavy atom. The van der Waals surface area contributed by atoms with Crippen LogP contribution in [0.3, 0.4) is 0 Å². The smallest absolute Gasteiger partial charge is 0.334 e. The Morgan fingerprint density at radius 1 is 1.43 bits per heavy atom. The molecule has 1 saturated heterocycles. The van der Waals surface area contributed by atoms with Gasteiger partial charge in [-0.2, -0.15) is 13.2 Å². The second-order valence-electron chi connectivity index (χ2n) is 5.60. The van der Waals surface area contributed by atoms with Crippen LogP contribution in [0.4, 0.5) is 13.2 Å². The monoisotopic (exact) mass is 300 g/mol. The van der Waals surface area contributed by atoms with Gasteiger partial charge in [-0.1, -0.05) is 13.0 Å². The van der Waals surface area contributed by atoms with Crippen molar-refractivity contribution in [3.8, 4) is 0 Å². The minimum absolute atomic E-state index is 0.0674. The highest BCUT2D eigenvalue weighted by atomic mass is 19.4. The van der Waals surface area contributed by atoms with Gasteiger partial charge in [-0.25, -0.2) is 0 Å². The highest BCUT2D eigenvalue weighted by Gasteiger charge is 2.33.